The van der Waals surface area contributed by atoms with Crippen molar-refractivity contribution in [1.82, 2.24) is 4.57 Å². The zero-order valence-corrected chi connectivity index (χ0v) is 10.2. The number of carbonyl (C=O) groups is 2. The van der Waals surface area contributed by atoms with E-state index in [9.17, 15) is 9.59 Å². The number of nitrogens with zero attached hydrogens (tertiary/aromatic N) is 1. The first kappa shape index (κ1) is 13.5. The van der Waals surface area contributed by atoms with E-state index in [1.807, 2.05) is 0 Å². The van der Waals surface area contributed by atoms with E-state index in [0.29, 0.717) is 12.3 Å². The van der Waals surface area contributed by atoms with Gasteiger partial charge in [0.25, 0.3) is 0 Å². The third-order valence-electron chi connectivity index (χ3n) is 2.55. The Morgan fingerprint density at radius 2 is 2.24 bits per heavy atom. The topological polar surface area (TPSA) is 48.3 Å². The summed E-state index contributed by atoms with van der Waals surface area (Å²) in [4.78, 5) is 22.1. The molecule has 0 saturated carbocycles. The van der Waals surface area contributed by atoms with Gasteiger partial charge < -0.3 is 9.30 Å². The van der Waals surface area contributed by atoms with Crippen LogP contribution in [0.2, 0.25) is 0 Å². The number of rotatable bonds is 8. The largest absolute Gasteiger partial charge is 0.464 e. The lowest BCUT2D eigenvalue weighted by molar-refractivity contribution is -0.144. The molecule has 0 saturated heterocycles. The fourth-order valence-electron chi connectivity index (χ4n) is 1.58. The molecule has 4 heteroatoms. The molecule has 0 bridgehead atoms. The fraction of sp³-hybridized carbons (Fsp3) is 0.538. The monoisotopic (exact) mass is 237 g/mol. The Bertz CT molecular complexity index is 357. The first-order valence-electron chi connectivity index (χ1n) is 6.04. The molecule has 0 N–H and O–H groups in total. The van der Waals surface area contributed by atoms with Crippen LogP contribution in [0, 0.1) is 0 Å². The normalized spacial score (nSPS) is 10.2. The van der Waals surface area contributed by atoms with Crippen molar-refractivity contribution in [2.45, 2.75) is 39.2 Å². The van der Waals surface area contributed by atoms with Gasteiger partial charge >= 0.3 is 5.97 Å². The summed E-state index contributed by atoms with van der Waals surface area (Å²) < 4.78 is 6.67. The van der Waals surface area contributed by atoms with Crippen molar-refractivity contribution in [3.05, 3.63) is 24.0 Å². The second-order valence-corrected chi connectivity index (χ2v) is 3.96. The van der Waals surface area contributed by atoms with Crippen molar-refractivity contribution < 1.29 is 14.3 Å². The van der Waals surface area contributed by atoms with E-state index in [2.05, 4.69) is 6.92 Å². The number of hydrogen-bond acceptors (Lipinski definition) is 3. The van der Waals surface area contributed by atoms with Gasteiger partial charge in [0.1, 0.15) is 6.54 Å². The van der Waals surface area contributed by atoms with Gasteiger partial charge in [-0.2, -0.15) is 0 Å². The van der Waals surface area contributed by atoms with E-state index >= 15 is 0 Å². The maximum Gasteiger partial charge on any atom is 0.325 e. The predicted octanol–water partition coefficient (Wildman–Crippen LogP) is 2.42. The molecule has 0 radical (unpaired) electrons. The predicted molar refractivity (Wildman–Crippen MR) is 64.9 cm³/mol. The molecule has 0 atom stereocenters. The Hall–Kier alpha value is -1.58. The highest BCUT2D eigenvalue weighted by Gasteiger charge is 2.06. The molecule has 0 aromatic carbocycles. The summed E-state index contributed by atoms with van der Waals surface area (Å²) in [5.41, 5.74) is 0.493. The Morgan fingerprint density at radius 3 is 2.94 bits per heavy atom. The van der Waals surface area contributed by atoms with Crippen LogP contribution in [0.15, 0.2) is 18.3 Å². The van der Waals surface area contributed by atoms with Crippen molar-refractivity contribution in [3.63, 3.8) is 0 Å². The second-order valence-electron chi connectivity index (χ2n) is 3.96. The maximum absolute atomic E-state index is 11.5. The molecule has 17 heavy (non-hydrogen) atoms. The zero-order chi connectivity index (χ0) is 12.5. The summed E-state index contributed by atoms with van der Waals surface area (Å²) in [6, 6.07) is 3.40. The molecule has 0 spiro atoms. The molecule has 1 rings (SSSR count). The Labute approximate surface area is 102 Å². The molecule has 0 aliphatic heterocycles. The number of aromatic nitrogens is 1. The van der Waals surface area contributed by atoms with Crippen molar-refractivity contribution >= 4 is 12.3 Å². The van der Waals surface area contributed by atoms with E-state index in [4.69, 9.17) is 4.74 Å². The standard InChI is InChI=1S/C13H19NO3/c1-2-3-4-5-9-17-13(16)10-14-8-6-7-12(14)11-15/h6-8,11H,2-5,9-10H2,1H3. The third-order valence-corrected chi connectivity index (χ3v) is 2.55. The Balaban J connectivity index is 2.23. The SMILES string of the molecule is CCCCCCOC(=O)Cn1cccc1C=O. The highest BCUT2D eigenvalue weighted by Crippen LogP contribution is 2.02. The average Bonchev–Trinajstić information content (AvgIpc) is 2.76. The van der Waals surface area contributed by atoms with Crippen LogP contribution in [0.4, 0.5) is 0 Å². The molecule has 1 aromatic heterocycles. The van der Waals surface area contributed by atoms with Crippen LogP contribution in [0.5, 0.6) is 0 Å². The van der Waals surface area contributed by atoms with Crippen LogP contribution in [-0.2, 0) is 16.1 Å². The van der Waals surface area contributed by atoms with Crippen molar-refractivity contribution in [1.29, 1.82) is 0 Å². The summed E-state index contributed by atoms with van der Waals surface area (Å²) in [5.74, 6) is -0.291. The van der Waals surface area contributed by atoms with Gasteiger partial charge in [-0.15, -0.1) is 0 Å². The maximum atomic E-state index is 11.5. The van der Waals surface area contributed by atoms with Gasteiger partial charge in [0.15, 0.2) is 6.29 Å². The lowest BCUT2D eigenvalue weighted by Crippen LogP contribution is -2.15. The molecule has 0 aliphatic carbocycles. The molecule has 0 fully saturated rings. The van der Waals surface area contributed by atoms with Crippen LogP contribution >= 0.6 is 0 Å². The molecular formula is C13H19NO3. The highest BCUT2D eigenvalue weighted by molar-refractivity contribution is 5.75. The van der Waals surface area contributed by atoms with Crippen LogP contribution in [0.3, 0.4) is 0 Å². The molecule has 0 amide bonds. The summed E-state index contributed by atoms with van der Waals surface area (Å²) in [7, 11) is 0. The first-order chi connectivity index (χ1) is 8.27. The number of carbonyl (C=O) groups excluding carboxylic acids is 2. The Kier molecular flexibility index (Phi) is 6.07. The van der Waals surface area contributed by atoms with E-state index in [-0.39, 0.29) is 12.5 Å². The van der Waals surface area contributed by atoms with Gasteiger partial charge in [-0.25, -0.2) is 0 Å². The van der Waals surface area contributed by atoms with Crippen LogP contribution in [0.25, 0.3) is 0 Å². The number of esters is 1. The zero-order valence-electron chi connectivity index (χ0n) is 10.2. The van der Waals surface area contributed by atoms with E-state index in [1.165, 1.54) is 12.8 Å². The van der Waals surface area contributed by atoms with E-state index in [1.54, 1.807) is 22.9 Å². The van der Waals surface area contributed by atoms with Crippen LogP contribution < -0.4 is 0 Å². The smallest absolute Gasteiger partial charge is 0.325 e. The highest BCUT2D eigenvalue weighted by atomic mass is 16.5. The third kappa shape index (κ3) is 4.85. The summed E-state index contributed by atoms with van der Waals surface area (Å²) in [5, 5.41) is 0. The molecule has 1 heterocycles. The lowest BCUT2D eigenvalue weighted by atomic mass is 10.2. The number of hydrogen-bond donors (Lipinski definition) is 0. The minimum Gasteiger partial charge on any atom is -0.464 e. The van der Waals surface area contributed by atoms with Gasteiger partial charge in [0.05, 0.1) is 12.3 Å². The summed E-state index contributed by atoms with van der Waals surface area (Å²) in [6.07, 6.45) is 6.76. The summed E-state index contributed by atoms with van der Waals surface area (Å²) in [6.45, 7) is 2.71. The molecule has 0 unspecified atom stereocenters. The van der Waals surface area contributed by atoms with Crippen molar-refractivity contribution in [2.24, 2.45) is 0 Å². The number of aldehydes is 1. The second kappa shape index (κ2) is 7.65. The molecule has 1 aromatic rings. The molecule has 0 aliphatic rings. The molecule has 94 valence electrons. The van der Waals surface area contributed by atoms with Gasteiger partial charge in [0, 0.05) is 6.20 Å². The molecular weight excluding hydrogens is 218 g/mol. The minimum absolute atomic E-state index is 0.106. The number of ether oxygens (including phenoxy) is 1. The summed E-state index contributed by atoms with van der Waals surface area (Å²) >= 11 is 0. The average molecular weight is 237 g/mol. The first-order valence-corrected chi connectivity index (χ1v) is 6.04. The van der Waals surface area contributed by atoms with Crippen LogP contribution in [-0.4, -0.2) is 23.4 Å². The van der Waals surface area contributed by atoms with Gasteiger partial charge in [0.2, 0.25) is 0 Å². The minimum atomic E-state index is -0.291. The van der Waals surface area contributed by atoms with Gasteiger partial charge in [-0.05, 0) is 18.6 Å². The molecule has 4 nitrogen and oxygen atoms in total. The quantitative estimate of drug-likeness (QED) is 0.396. The van der Waals surface area contributed by atoms with Gasteiger partial charge in [-0.1, -0.05) is 26.2 Å². The van der Waals surface area contributed by atoms with E-state index < -0.39 is 0 Å². The van der Waals surface area contributed by atoms with E-state index in [0.717, 1.165) is 19.1 Å². The van der Waals surface area contributed by atoms with Gasteiger partial charge in [-0.3, -0.25) is 9.59 Å². The number of unbranched alkanes of at least 4 members (excludes halogenated alkanes) is 3. The fourth-order valence-corrected chi connectivity index (χ4v) is 1.58. The lowest BCUT2D eigenvalue weighted by Gasteiger charge is -2.06. The van der Waals surface area contributed by atoms with Crippen molar-refractivity contribution in [3.8, 4) is 0 Å². The van der Waals surface area contributed by atoms with Crippen molar-refractivity contribution in [2.75, 3.05) is 6.61 Å². The van der Waals surface area contributed by atoms with Crippen LogP contribution in [0.1, 0.15) is 43.1 Å². The Morgan fingerprint density at radius 1 is 1.41 bits per heavy atom.